The number of β-lactam (4-membered cyclic amide) rings is 1. The fourth-order valence-corrected chi connectivity index (χ4v) is 4.77. The molecular formula is C16H17N5O5S2. The molecule has 1 fully saturated rings. The smallest absolute Gasteiger partial charge is 0.353 e. The van der Waals surface area contributed by atoms with Crippen LogP contribution in [0.15, 0.2) is 33.9 Å². The maximum atomic E-state index is 12.5. The van der Waals surface area contributed by atoms with Crippen LogP contribution in [0.5, 0.6) is 0 Å². The molecular weight excluding hydrogens is 406 g/mol. The van der Waals surface area contributed by atoms with Crippen LogP contribution in [-0.2, 0) is 25.6 Å². The molecule has 0 bridgehead atoms. The number of hydrogen-bond donors (Lipinski definition) is 4. The Morgan fingerprint density at radius 2 is 2.18 bits per heavy atom. The quantitative estimate of drug-likeness (QED) is 0.251. The highest BCUT2D eigenvalue weighted by Gasteiger charge is 2.54. The first-order valence-corrected chi connectivity index (χ1v) is 10.1. The Hall–Kier alpha value is -2.70. The van der Waals surface area contributed by atoms with Crippen LogP contribution < -0.4 is 16.5 Å². The zero-order valence-electron chi connectivity index (χ0n) is 14.5. The molecule has 1 saturated heterocycles. The number of carbonyl (C=O) groups excluding carboxylic acids is 3. The minimum Gasteiger partial charge on any atom is -0.477 e. The average Bonchev–Trinajstić information content (AvgIpc) is 3.18. The van der Waals surface area contributed by atoms with Gasteiger partial charge >= 0.3 is 5.97 Å². The topological polar surface area (TPSA) is 154 Å². The van der Waals surface area contributed by atoms with E-state index in [4.69, 9.17) is 5.73 Å². The van der Waals surface area contributed by atoms with E-state index in [9.17, 15) is 24.3 Å². The Morgan fingerprint density at radius 1 is 1.39 bits per heavy atom. The van der Waals surface area contributed by atoms with Crippen molar-refractivity contribution in [3.05, 3.63) is 33.7 Å². The molecule has 1 aromatic heterocycles. The number of nitrogens with zero attached hydrogens (tertiary/aromatic N) is 2. The molecule has 148 valence electrons. The van der Waals surface area contributed by atoms with Crippen molar-refractivity contribution in [3.63, 3.8) is 0 Å². The van der Waals surface area contributed by atoms with Gasteiger partial charge in [0, 0.05) is 16.2 Å². The Labute approximate surface area is 167 Å². The molecule has 1 aromatic rings. The molecule has 2 aliphatic rings. The summed E-state index contributed by atoms with van der Waals surface area (Å²) in [6, 6.07) is 2.89. The third kappa shape index (κ3) is 4.08. The van der Waals surface area contributed by atoms with E-state index in [-0.39, 0.29) is 35.9 Å². The second-order valence-corrected chi connectivity index (χ2v) is 8.02. The van der Waals surface area contributed by atoms with Crippen molar-refractivity contribution in [1.29, 1.82) is 0 Å². The highest BCUT2D eigenvalue weighted by molar-refractivity contribution is 8.00. The predicted octanol–water partition coefficient (Wildman–Crippen LogP) is -0.910. The van der Waals surface area contributed by atoms with Gasteiger partial charge in [-0.2, -0.15) is 5.10 Å². The molecule has 0 aromatic carbocycles. The molecule has 0 aliphatic carbocycles. The van der Waals surface area contributed by atoms with Crippen LogP contribution in [0.1, 0.15) is 4.88 Å². The van der Waals surface area contributed by atoms with E-state index in [2.05, 4.69) is 15.8 Å². The number of carboxylic acids is 1. The molecule has 0 saturated carbocycles. The van der Waals surface area contributed by atoms with Crippen molar-refractivity contribution in [1.82, 2.24) is 15.6 Å². The number of aliphatic carboxylic acids is 1. The van der Waals surface area contributed by atoms with Gasteiger partial charge in [-0.05, 0) is 11.4 Å². The summed E-state index contributed by atoms with van der Waals surface area (Å²) in [4.78, 5) is 49.5. The molecule has 3 rings (SSSR count). The number of hydrogen-bond acceptors (Lipinski definition) is 8. The fraction of sp³-hybridized carbons (Fsp3) is 0.312. The van der Waals surface area contributed by atoms with E-state index < -0.39 is 29.2 Å². The molecule has 0 radical (unpaired) electrons. The highest BCUT2D eigenvalue weighted by atomic mass is 32.2. The standard InChI is InChI=1S/C16H17N5O5S2/c17-5-11(23)20-18-6-8-7-28-15-12(14(24)21(15)13(8)16(25)26)19-10(22)4-9-2-1-3-27-9/h1-3,6,12,15H,4-5,7,17H2,(H,19,22)(H,20,23)(H,25,26)/b18-6+/t12?,15-/m1/s1. The molecule has 10 nitrogen and oxygen atoms in total. The van der Waals surface area contributed by atoms with E-state index in [1.54, 1.807) is 0 Å². The van der Waals surface area contributed by atoms with Gasteiger partial charge in [0.1, 0.15) is 17.1 Å². The average molecular weight is 423 g/mol. The molecule has 2 atom stereocenters. The monoisotopic (exact) mass is 423 g/mol. The molecule has 2 aliphatic heterocycles. The van der Waals surface area contributed by atoms with Gasteiger partial charge < -0.3 is 16.2 Å². The van der Waals surface area contributed by atoms with E-state index >= 15 is 0 Å². The summed E-state index contributed by atoms with van der Waals surface area (Å²) in [7, 11) is 0. The van der Waals surface area contributed by atoms with Gasteiger partial charge in [-0.1, -0.05) is 6.07 Å². The lowest BCUT2D eigenvalue weighted by Gasteiger charge is -2.49. The minimum absolute atomic E-state index is 0.166. The van der Waals surface area contributed by atoms with Crippen molar-refractivity contribution in [2.45, 2.75) is 17.8 Å². The van der Waals surface area contributed by atoms with Gasteiger partial charge in [0.2, 0.25) is 5.91 Å². The van der Waals surface area contributed by atoms with E-state index in [0.29, 0.717) is 0 Å². The SMILES string of the molecule is NCC(=O)N/N=C/C1=C(C(=O)O)N2C(=O)C(NC(=O)Cc3cccs3)[C@H]2SC1. The number of rotatable bonds is 7. The van der Waals surface area contributed by atoms with Crippen molar-refractivity contribution >= 4 is 53.0 Å². The zero-order valence-corrected chi connectivity index (χ0v) is 16.1. The van der Waals surface area contributed by atoms with Crippen LogP contribution in [-0.4, -0.2) is 63.6 Å². The molecule has 1 unspecified atom stereocenters. The number of nitrogens with one attached hydrogen (secondary N) is 2. The third-order valence-corrected chi connectivity index (χ3v) is 6.21. The van der Waals surface area contributed by atoms with E-state index in [0.717, 1.165) is 9.78 Å². The fourth-order valence-electron chi connectivity index (χ4n) is 2.77. The molecule has 3 amide bonds. The number of thiophene rings is 1. The number of carbonyl (C=O) groups is 4. The number of amides is 3. The summed E-state index contributed by atoms with van der Waals surface area (Å²) in [6.07, 6.45) is 1.36. The largest absolute Gasteiger partial charge is 0.477 e. The Balaban J connectivity index is 1.69. The maximum Gasteiger partial charge on any atom is 0.353 e. The zero-order chi connectivity index (χ0) is 20.3. The van der Waals surface area contributed by atoms with Crippen molar-refractivity contribution in [2.24, 2.45) is 10.8 Å². The summed E-state index contributed by atoms with van der Waals surface area (Å²) >= 11 is 2.76. The summed E-state index contributed by atoms with van der Waals surface area (Å²) < 4.78 is 0. The summed E-state index contributed by atoms with van der Waals surface area (Å²) in [5.41, 5.74) is 7.38. The highest BCUT2D eigenvalue weighted by Crippen LogP contribution is 2.39. The number of fused-ring (bicyclic) bond motifs is 1. The molecule has 12 heteroatoms. The summed E-state index contributed by atoms with van der Waals surface area (Å²) in [5, 5.41) is 17.2. The summed E-state index contributed by atoms with van der Waals surface area (Å²) in [6.45, 7) is -0.254. The molecule has 5 N–H and O–H groups in total. The predicted molar refractivity (Wildman–Crippen MR) is 103 cm³/mol. The lowest BCUT2D eigenvalue weighted by atomic mass is 10.0. The third-order valence-electron chi connectivity index (χ3n) is 4.03. The van der Waals surface area contributed by atoms with E-state index in [1.165, 1.54) is 29.3 Å². The van der Waals surface area contributed by atoms with Crippen molar-refractivity contribution < 1.29 is 24.3 Å². The van der Waals surface area contributed by atoms with Crippen LogP contribution >= 0.6 is 23.1 Å². The number of thioether (sulfide) groups is 1. The van der Waals surface area contributed by atoms with Crippen LogP contribution in [0.25, 0.3) is 0 Å². The first-order chi connectivity index (χ1) is 13.4. The molecule has 0 spiro atoms. The maximum absolute atomic E-state index is 12.5. The van der Waals surface area contributed by atoms with Crippen LogP contribution in [0.2, 0.25) is 0 Å². The molecule has 28 heavy (non-hydrogen) atoms. The van der Waals surface area contributed by atoms with E-state index in [1.807, 2.05) is 17.5 Å². The minimum atomic E-state index is -1.28. The second kappa shape index (κ2) is 8.54. The first kappa shape index (κ1) is 20.0. The lowest BCUT2D eigenvalue weighted by Crippen LogP contribution is -2.70. The lowest BCUT2D eigenvalue weighted by molar-refractivity contribution is -0.150. The van der Waals surface area contributed by atoms with Crippen LogP contribution in [0.3, 0.4) is 0 Å². The van der Waals surface area contributed by atoms with Gasteiger partial charge in [0.25, 0.3) is 11.8 Å². The number of nitrogens with two attached hydrogens (primary N) is 1. The van der Waals surface area contributed by atoms with Crippen molar-refractivity contribution in [2.75, 3.05) is 12.3 Å². The van der Waals surface area contributed by atoms with Gasteiger partial charge in [0.15, 0.2) is 0 Å². The molecule has 3 heterocycles. The van der Waals surface area contributed by atoms with Crippen LogP contribution in [0, 0.1) is 0 Å². The second-order valence-electron chi connectivity index (χ2n) is 5.89. The Morgan fingerprint density at radius 3 is 2.82 bits per heavy atom. The van der Waals surface area contributed by atoms with Gasteiger partial charge in [-0.25, -0.2) is 10.2 Å². The van der Waals surface area contributed by atoms with Crippen LogP contribution in [0.4, 0.5) is 0 Å². The van der Waals surface area contributed by atoms with Gasteiger partial charge in [-0.15, -0.1) is 23.1 Å². The van der Waals surface area contributed by atoms with Gasteiger partial charge in [-0.3, -0.25) is 19.3 Å². The Kier molecular flexibility index (Phi) is 6.11. The first-order valence-electron chi connectivity index (χ1n) is 8.17. The number of carboxylic acid groups (broad SMARTS) is 1. The summed E-state index contributed by atoms with van der Waals surface area (Å²) in [5.74, 6) is -2.34. The van der Waals surface area contributed by atoms with Gasteiger partial charge in [0.05, 0.1) is 19.2 Å². The Bertz CT molecular complexity index is 867. The number of hydrazone groups is 1. The van der Waals surface area contributed by atoms with Crippen molar-refractivity contribution in [3.8, 4) is 0 Å². The normalized spacial score (nSPS) is 21.3.